The molecule has 1 aromatic heterocycles. The van der Waals surface area contributed by atoms with Crippen LogP contribution in [0.2, 0.25) is 0 Å². The quantitative estimate of drug-likeness (QED) is 0.520. The first-order chi connectivity index (χ1) is 16.0. The van der Waals surface area contributed by atoms with E-state index in [1.165, 1.54) is 25.6 Å². The molecule has 0 bridgehead atoms. The lowest BCUT2D eigenvalue weighted by molar-refractivity contribution is -0.142. The molecular weight excluding hydrogens is 442 g/mol. The lowest BCUT2D eigenvalue weighted by Crippen LogP contribution is -2.22. The van der Waals surface area contributed by atoms with E-state index in [0.717, 1.165) is 16.0 Å². The Balaban J connectivity index is 1.45. The minimum Gasteiger partial charge on any atom is -0.484 e. The van der Waals surface area contributed by atoms with Crippen LogP contribution >= 0.6 is 11.3 Å². The Kier molecular flexibility index (Phi) is 6.74. The first-order valence-corrected chi connectivity index (χ1v) is 11.2. The van der Waals surface area contributed by atoms with Gasteiger partial charge in [-0.15, -0.1) is 11.3 Å². The maximum absolute atomic E-state index is 12.6. The Morgan fingerprint density at radius 1 is 0.970 bits per heavy atom. The summed E-state index contributed by atoms with van der Waals surface area (Å²) in [4.78, 5) is 38.1. The number of hydrogen-bond donors (Lipinski definition) is 1. The summed E-state index contributed by atoms with van der Waals surface area (Å²) < 4.78 is 15.4. The largest absolute Gasteiger partial charge is 0.484 e. The van der Waals surface area contributed by atoms with Crippen molar-refractivity contribution in [2.24, 2.45) is 0 Å². The predicted octanol–water partition coefficient (Wildman–Crippen LogP) is 4.42. The van der Waals surface area contributed by atoms with Crippen molar-refractivity contribution in [3.63, 3.8) is 0 Å². The topological polar surface area (TPSA) is 90.9 Å². The number of methoxy groups -OCH3 is 2. The van der Waals surface area contributed by atoms with Crippen molar-refractivity contribution in [3.8, 4) is 16.9 Å². The molecule has 1 amide bonds. The monoisotopic (exact) mass is 465 g/mol. The summed E-state index contributed by atoms with van der Waals surface area (Å²) in [6.07, 6.45) is 1.19. The smallest absolute Gasteiger partial charge is 0.341 e. The first-order valence-electron chi connectivity index (χ1n) is 10.4. The van der Waals surface area contributed by atoms with Crippen molar-refractivity contribution in [2.75, 3.05) is 26.1 Å². The molecule has 0 saturated carbocycles. The van der Waals surface area contributed by atoms with Crippen LogP contribution in [0.1, 0.15) is 33.1 Å². The van der Waals surface area contributed by atoms with E-state index < -0.39 is 23.8 Å². The van der Waals surface area contributed by atoms with E-state index >= 15 is 0 Å². The Hall–Kier alpha value is -3.65. The Morgan fingerprint density at radius 2 is 1.67 bits per heavy atom. The second-order valence-electron chi connectivity index (χ2n) is 7.48. The van der Waals surface area contributed by atoms with Crippen LogP contribution in [0.15, 0.2) is 54.6 Å². The van der Waals surface area contributed by atoms with Gasteiger partial charge in [0, 0.05) is 4.88 Å². The highest BCUT2D eigenvalue weighted by molar-refractivity contribution is 7.17. The number of aryl methyl sites for hydroxylation is 1. The van der Waals surface area contributed by atoms with Crippen molar-refractivity contribution < 1.29 is 28.6 Å². The van der Waals surface area contributed by atoms with Crippen LogP contribution in [-0.2, 0) is 25.5 Å². The zero-order chi connectivity index (χ0) is 23.4. The molecule has 0 saturated heterocycles. The molecule has 33 heavy (non-hydrogen) atoms. The van der Waals surface area contributed by atoms with E-state index in [0.29, 0.717) is 29.2 Å². The highest BCUT2D eigenvalue weighted by Crippen LogP contribution is 2.45. The zero-order valence-corrected chi connectivity index (χ0v) is 19.1. The van der Waals surface area contributed by atoms with Crippen molar-refractivity contribution >= 4 is 34.2 Å². The Morgan fingerprint density at radius 3 is 2.33 bits per heavy atom. The second kappa shape index (κ2) is 9.87. The lowest BCUT2D eigenvalue weighted by Gasteiger charge is -2.12. The summed E-state index contributed by atoms with van der Waals surface area (Å²) in [6.45, 7) is -0.228. The molecule has 0 aliphatic heterocycles. The van der Waals surface area contributed by atoms with Gasteiger partial charge in [0.2, 0.25) is 0 Å². The second-order valence-corrected chi connectivity index (χ2v) is 8.58. The number of benzene rings is 2. The Bertz CT molecular complexity index is 1170. The third-order valence-electron chi connectivity index (χ3n) is 5.49. The molecule has 0 fully saturated rings. The third kappa shape index (κ3) is 4.75. The molecule has 2 aromatic carbocycles. The molecule has 1 atom stereocenters. The van der Waals surface area contributed by atoms with E-state index in [-0.39, 0.29) is 12.2 Å². The summed E-state index contributed by atoms with van der Waals surface area (Å²) in [5.41, 5.74) is 2.94. The van der Waals surface area contributed by atoms with Gasteiger partial charge in [0.05, 0.1) is 25.7 Å². The summed E-state index contributed by atoms with van der Waals surface area (Å²) in [5.74, 6) is -1.41. The van der Waals surface area contributed by atoms with Crippen LogP contribution in [0.5, 0.6) is 5.75 Å². The average Bonchev–Trinajstić information content (AvgIpc) is 3.41. The molecule has 170 valence electrons. The molecule has 8 heteroatoms. The molecule has 0 unspecified atom stereocenters. The highest BCUT2D eigenvalue weighted by atomic mass is 32.1. The van der Waals surface area contributed by atoms with E-state index in [1.807, 2.05) is 42.5 Å². The number of fused-ring (bicyclic) bond motifs is 1. The standard InChI is InChI=1S/C25H23NO6S/c1-30-24(28)18-12-13-19-21(18)22(25(29)31-2)23(33-19)26-20(27)14-32-17-10-8-16(9-11-17)15-6-4-3-5-7-15/h3-11,18H,12-14H2,1-2H3,(H,26,27)/t18-/m0/s1. The number of ether oxygens (including phenoxy) is 3. The molecule has 3 aromatic rings. The normalized spacial score (nSPS) is 14.3. The first kappa shape index (κ1) is 22.5. The Labute approximate surface area is 195 Å². The lowest BCUT2D eigenvalue weighted by atomic mass is 9.99. The van der Waals surface area contributed by atoms with Gasteiger partial charge in [0.25, 0.3) is 5.91 Å². The van der Waals surface area contributed by atoms with Crippen LogP contribution in [0.25, 0.3) is 11.1 Å². The molecule has 4 rings (SSSR count). The molecule has 0 radical (unpaired) electrons. The van der Waals surface area contributed by atoms with Gasteiger partial charge < -0.3 is 19.5 Å². The van der Waals surface area contributed by atoms with E-state index in [9.17, 15) is 14.4 Å². The van der Waals surface area contributed by atoms with Crippen molar-refractivity contribution in [3.05, 3.63) is 70.6 Å². The molecule has 1 aliphatic rings. The SMILES string of the molecule is COC(=O)c1c(NC(=O)COc2ccc(-c3ccccc3)cc2)sc2c1[C@@H](C(=O)OC)CC2. The number of thiophene rings is 1. The van der Waals surface area contributed by atoms with Gasteiger partial charge in [-0.2, -0.15) is 0 Å². The number of hydrogen-bond acceptors (Lipinski definition) is 7. The average molecular weight is 466 g/mol. The maximum Gasteiger partial charge on any atom is 0.341 e. The van der Waals surface area contributed by atoms with Crippen molar-refractivity contribution in [2.45, 2.75) is 18.8 Å². The van der Waals surface area contributed by atoms with Crippen LogP contribution in [0.4, 0.5) is 5.00 Å². The predicted molar refractivity (Wildman–Crippen MR) is 125 cm³/mol. The molecule has 1 aliphatic carbocycles. The molecule has 1 N–H and O–H groups in total. The highest BCUT2D eigenvalue weighted by Gasteiger charge is 2.38. The van der Waals surface area contributed by atoms with Crippen molar-refractivity contribution in [1.82, 2.24) is 0 Å². The van der Waals surface area contributed by atoms with Crippen molar-refractivity contribution in [1.29, 1.82) is 0 Å². The number of carbonyl (C=O) groups is 3. The van der Waals surface area contributed by atoms with E-state index in [4.69, 9.17) is 14.2 Å². The molecule has 0 spiro atoms. The molecule has 7 nitrogen and oxygen atoms in total. The molecule has 1 heterocycles. The summed E-state index contributed by atoms with van der Waals surface area (Å²) in [7, 11) is 2.58. The van der Waals surface area contributed by atoms with Crippen LogP contribution in [0.3, 0.4) is 0 Å². The molecular formula is C25H23NO6S. The number of nitrogens with one attached hydrogen (secondary N) is 1. The zero-order valence-electron chi connectivity index (χ0n) is 18.3. The number of carbonyl (C=O) groups excluding carboxylic acids is 3. The van der Waals surface area contributed by atoms with Gasteiger partial charge >= 0.3 is 11.9 Å². The van der Waals surface area contributed by atoms with Crippen LogP contribution in [0, 0.1) is 0 Å². The van der Waals surface area contributed by atoms with E-state index in [2.05, 4.69) is 5.32 Å². The van der Waals surface area contributed by atoms with Gasteiger partial charge in [0.15, 0.2) is 6.61 Å². The summed E-state index contributed by atoms with van der Waals surface area (Å²) in [5, 5.41) is 3.10. The fraction of sp³-hybridized carbons (Fsp3) is 0.240. The van der Waals surface area contributed by atoms with Gasteiger partial charge in [0.1, 0.15) is 10.8 Å². The minimum absolute atomic E-state index is 0.214. The van der Waals surface area contributed by atoms with Gasteiger partial charge in [-0.05, 0) is 41.7 Å². The van der Waals surface area contributed by atoms with Gasteiger partial charge in [-0.3, -0.25) is 9.59 Å². The number of esters is 2. The third-order valence-corrected chi connectivity index (χ3v) is 6.67. The fourth-order valence-electron chi connectivity index (χ4n) is 3.92. The fourth-order valence-corrected chi connectivity index (χ4v) is 5.20. The number of amides is 1. The number of anilines is 1. The summed E-state index contributed by atoms with van der Waals surface area (Å²) >= 11 is 1.28. The maximum atomic E-state index is 12.6. The summed E-state index contributed by atoms with van der Waals surface area (Å²) in [6, 6.07) is 17.4. The van der Waals surface area contributed by atoms with Crippen LogP contribution in [-0.4, -0.2) is 38.7 Å². The minimum atomic E-state index is -0.601. The van der Waals surface area contributed by atoms with Gasteiger partial charge in [-0.25, -0.2) is 4.79 Å². The van der Waals surface area contributed by atoms with Gasteiger partial charge in [-0.1, -0.05) is 42.5 Å². The number of rotatable bonds is 7. The van der Waals surface area contributed by atoms with Crippen LogP contribution < -0.4 is 10.1 Å². The van der Waals surface area contributed by atoms with E-state index in [1.54, 1.807) is 12.1 Å².